The molecule has 0 radical (unpaired) electrons. The van der Waals surface area contributed by atoms with Gasteiger partial charge in [0, 0.05) is 17.6 Å². The van der Waals surface area contributed by atoms with E-state index in [1.165, 1.54) is 11.1 Å². The van der Waals surface area contributed by atoms with Gasteiger partial charge >= 0.3 is 0 Å². The largest absolute Gasteiger partial charge is 0.322 e. The monoisotopic (exact) mass is 456 g/mol. The molecule has 1 saturated heterocycles. The van der Waals surface area contributed by atoms with Crippen molar-refractivity contribution >= 4 is 10.9 Å². The molecule has 0 spiro atoms. The minimum Gasteiger partial charge on any atom is -0.322 e. The Balaban J connectivity index is 1.56. The Labute approximate surface area is 199 Å². The second-order valence-corrected chi connectivity index (χ2v) is 9.45. The van der Waals surface area contributed by atoms with Gasteiger partial charge in [-0.25, -0.2) is 4.68 Å². The summed E-state index contributed by atoms with van der Waals surface area (Å²) in [6.45, 7) is 6.95. The van der Waals surface area contributed by atoms with Gasteiger partial charge in [-0.3, -0.25) is 9.69 Å². The van der Waals surface area contributed by atoms with E-state index in [-0.39, 0.29) is 11.6 Å². The lowest BCUT2D eigenvalue weighted by molar-refractivity contribution is 0.149. The van der Waals surface area contributed by atoms with Gasteiger partial charge in [0.05, 0.1) is 0 Å². The van der Waals surface area contributed by atoms with Crippen LogP contribution in [0.15, 0.2) is 59.4 Å². The fourth-order valence-electron chi connectivity index (χ4n) is 4.93. The number of rotatable bonds is 7. The summed E-state index contributed by atoms with van der Waals surface area (Å²) in [6, 6.07) is 18.4. The molecule has 7 nitrogen and oxygen atoms in total. The number of pyridine rings is 1. The minimum absolute atomic E-state index is 0.0713. The molecule has 5 rings (SSSR count). The van der Waals surface area contributed by atoms with Crippen molar-refractivity contribution in [3.8, 4) is 0 Å². The van der Waals surface area contributed by atoms with Crippen molar-refractivity contribution in [3.05, 3.63) is 87.5 Å². The maximum atomic E-state index is 13.4. The maximum absolute atomic E-state index is 13.4. The van der Waals surface area contributed by atoms with Crippen LogP contribution in [0.2, 0.25) is 0 Å². The Kier molecular flexibility index (Phi) is 6.54. The van der Waals surface area contributed by atoms with Crippen molar-refractivity contribution in [3.63, 3.8) is 0 Å². The van der Waals surface area contributed by atoms with Crippen molar-refractivity contribution in [1.82, 2.24) is 30.1 Å². The van der Waals surface area contributed by atoms with Gasteiger partial charge in [-0.2, -0.15) is 0 Å². The highest BCUT2D eigenvalue weighted by atomic mass is 16.1. The summed E-state index contributed by atoms with van der Waals surface area (Å²) in [4.78, 5) is 18.9. The molecule has 1 atom stereocenters. The number of likely N-dealkylation sites (tertiary alicyclic amines) is 1. The van der Waals surface area contributed by atoms with E-state index in [9.17, 15) is 4.79 Å². The number of H-pyrrole nitrogens is 1. The number of nitrogens with one attached hydrogen (secondary N) is 1. The second-order valence-electron chi connectivity index (χ2n) is 9.45. The van der Waals surface area contributed by atoms with Gasteiger partial charge in [0.15, 0.2) is 5.82 Å². The van der Waals surface area contributed by atoms with Crippen LogP contribution in [-0.4, -0.2) is 43.2 Å². The number of fused-ring (bicyclic) bond motifs is 1. The third kappa shape index (κ3) is 4.66. The van der Waals surface area contributed by atoms with Crippen LogP contribution in [-0.2, 0) is 19.4 Å². The van der Waals surface area contributed by atoms with Gasteiger partial charge in [0.2, 0.25) is 0 Å². The SMILES string of the molecule is CCc1ccc2[nH]c(=O)c([C@H](c3nnnn3CCc3ccccc3)N3CCC(C)CC3)cc2c1. The van der Waals surface area contributed by atoms with Crippen LogP contribution in [0.1, 0.15) is 55.2 Å². The predicted molar refractivity (Wildman–Crippen MR) is 134 cm³/mol. The summed E-state index contributed by atoms with van der Waals surface area (Å²) < 4.78 is 1.88. The Morgan fingerprint density at radius 2 is 1.85 bits per heavy atom. The number of aromatic amines is 1. The molecule has 34 heavy (non-hydrogen) atoms. The molecule has 176 valence electrons. The van der Waals surface area contributed by atoms with E-state index in [0.717, 1.165) is 55.5 Å². The maximum Gasteiger partial charge on any atom is 0.253 e. The lowest BCUT2D eigenvalue weighted by atomic mass is 9.95. The molecule has 1 aliphatic heterocycles. The molecule has 1 fully saturated rings. The molecule has 0 aliphatic carbocycles. The van der Waals surface area contributed by atoms with Gasteiger partial charge in [0.1, 0.15) is 6.04 Å². The van der Waals surface area contributed by atoms with E-state index in [2.05, 4.69) is 63.5 Å². The fourth-order valence-corrected chi connectivity index (χ4v) is 4.93. The first kappa shape index (κ1) is 22.5. The average Bonchev–Trinajstić information content (AvgIpc) is 3.33. The van der Waals surface area contributed by atoms with E-state index in [1.54, 1.807) is 0 Å². The number of nitrogens with zero attached hydrogens (tertiary/aromatic N) is 5. The molecule has 0 saturated carbocycles. The standard InChI is InChI=1S/C27H32N6O/c1-3-20-9-10-24-22(17-20)18-23(27(34)28-24)25(32-14-11-19(2)12-15-32)26-29-30-31-33(26)16-13-21-7-5-4-6-8-21/h4-10,17-19,25H,3,11-16H2,1-2H3,(H,28,34)/t25-/m1/s1. The topological polar surface area (TPSA) is 79.7 Å². The molecule has 7 heteroatoms. The van der Waals surface area contributed by atoms with E-state index < -0.39 is 0 Å². The lowest BCUT2D eigenvalue weighted by Crippen LogP contribution is -2.40. The van der Waals surface area contributed by atoms with Crippen LogP contribution in [0.3, 0.4) is 0 Å². The summed E-state index contributed by atoms with van der Waals surface area (Å²) in [7, 11) is 0. The van der Waals surface area contributed by atoms with Gasteiger partial charge < -0.3 is 4.98 Å². The Hall–Kier alpha value is -3.32. The number of piperidine rings is 1. The molecule has 0 unspecified atom stereocenters. The zero-order chi connectivity index (χ0) is 23.5. The zero-order valence-corrected chi connectivity index (χ0v) is 19.9. The van der Waals surface area contributed by atoms with Gasteiger partial charge in [-0.1, -0.05) is 50.2 Å². The third-order valence-electron chi connectivity index (χ3n) is 7.08. The third-order valence-corrected chi connectivity index (χ3v) is 7.08. The highest BCUT2D eigenvalue weighted by molar-refractivity contribution is 5.80. The first-order valence-corrected chi connectivity index (χ1v) is 12.3. The van der Waals surface area contributed by atoms with Crippen LogP contribution in [0.5, 0.6) is 0 Å². The number of aryl methyl sites for hydroxylation is 3. The number of tetrazole rings is 1. The first-order chi connectivity index (χ1) is 16.6. The molecule has 1 aliphatic rings. The van der Waals surface area contributed by atoms with Crippen molar-refractivity contribution in [2.24, 2.45) is 5.92 Å². The van der Waals surface area contributed by atoms with Gasteiger partial charge in [-0.15, -0.1) is 5.10 Å². The molecule has 3 heterocycles. The summed E-state index contributed by atoms with van der Waals surface area (Å²) in [5, 5.41) is 13.9. The predicted octanol–water partition coefficient (Wildman–Crippen LogP) is 4.14. The smallest absolute Gasteiger partial charge is 0.253 e. The summed E-state index contributed by atoms with van der Waals surface area (Å²) >= 11 is 0. The van der Waals surface area contributed by atoms with E-state index in [0.29, 0.717) is 18.0 Å². The molecule has 0 amide bonds. The zero-order valence-electron chi connectivity index (χ0n) is 19.9. The van der Waals surface area contributed by atoms with E-state index >= 15 is 0 Å². The Bertz CT molecular complexity index is 1300. The van der Waals surface area contributed by atoms with Crippen molar-refractivity contribution < 1.29 is 0 Å². The van der Waals surface area contributed by atoms with E-state index in [1.807, 2.05) is 35.0 Å². The normalized spacial score (nSPS) is 16.2. The fraction of sp³-hybridized carbons (Fsp3) is 0.407. The Morgan fingerprint density at radius 3 is 2.62 bits per heavy atom. The van der Waals surface area contributed by atoms with Crippen LogP contribution in [0.4, 0.5) is 0 Å². The van der Waals surface area contributed by atoms with Crippen molar-refractivity contribution in [2.45, 2.75) is 52.1 Å². The molecular weight excluding hydrogens is 424 g/mol. The van der Waals surface area contributed by atoms with Crippen LogP contribution >= 0.6 is 0 Å². The second kappa shape index (κ2) is 9.89. The van der Waals surface area contributed by atoms with Crippen LogP contribution in [0, 0.1) is 5.92 Å². The molecule has 2 aromatic heterocycles. The molecule has 4 aromatic rings. The van der Waals surface area contributed by atoms with Crippen molar-refractivity contribution in [1.29, 1.82) is 0 Å². The molecule has 1 N–H and O–H groups in total. The number of aromatic nitrogens is 5. The van der Waals surface area contributed by atoms with Gasteiger partial charge in [0.25, 0.3) is 5.56 Å². The van der Waals surface area contributed by atoms with Gasteiger partial charge in [-0.05, 0) is 89.8 Å². The highest BCUT2D eigenvalue weighted by Gasteiger charge is 2.32. The number of hydrogen-bond acceptors (Lipinski definition) is 5. The quantitative estimate of drug-likeness (QED) is 0.452. The van der Waals surface area contributed by atoms with E-state index in [4.69, 9.17) is 0 Å². The highest BCUT2D eigenvalue weighted by Crippen LogP contribution is 2.31. The summed E-state index contributed by atoms with van der Waals surface area (Å²) in [5.41, 5.74) is 3.99. The van der Waals surface area contributed by atoms with Crippen LogP contribution < -0.4 is 5.56 Å². The molecule has 0 bridgehead atoms. The minimum atomic E-state index is -0.281. The average molecular weight is 457 g/mol. The first-order valence-electron chi connectivity index (χ1n) is 12.3. The summed E-state index contributed by atoms with van der Waals surface area (Å²) in [6.07, 6.45) is 3.99. The molecule has 2 aromatic carbocycles. The van der Waals surface area contributed by atoms with Crippen LogP contribution in [0.25, 0.3) is 10.9 Å². The number of hydrogen-bond donors (Lipinski definition) is 1. The lowest BCUT2D eigenvalue weighted by Gasteiger charge is -2.35. The molecular formula is C27H32N6O. The Morgan fingerprint density at radius 1 is 1.06 bits per heavy atom. The van der Waals surface area contributed by atoms with Crippen molar-refractivity contribution in [2.75, 3.05) is 13.1 Å². The summed E-state index contributed by atoms with van der Waals surface area (Å²) in [5.74, 6) is 1.43. The number of benzene rings is 2.